The van der Waals surface area contributed by atoms with E-state index < -0.39 is 6.10 Å². The molecule has 3 aromatic carbocycles. The fourth-order valence-corrected chi connectivity index (χ4v) is 4.87. The second-order valence-corrected chi connectivity index (χ2v) is 8.63. The number of nitrogens with one attached hydrogen (secondary N) is 1. The van der Waals surface area contributed by atoms with E-state index in [1.54, 1.807) is 17.7 Å². The fraction of sp³-hybridized carbons (Fsp3) is 0.280. The number of H-pyrrole nitrogens is 1. The van der Waals surface area contributed by atoms with E-state index in [4.69, 9.17) is 17.0 Å². The summed E-state index contributed by atoms with van der Waals surface area (Å²) >= 11 is 5.31. The van der Waals surface area contributed by atoms with Gasteiger partial charge in [0.05, 0.1) is 12.2 Å². The number of rotatable bonds is 4. The Morgan fingerprint density at radius 3 is 2.45 bits per heavy atom. The molecule has 5 nitrogen and oxygen atoms in total. The maximum Gasteiger partial charge on any atom is 0.254 e. The Balaban J connectivity index is 1.43. The van der Waals surface area contributed by atoms with Gasteiger partial charge in [0.25, 0.3) is 5.56 Å². The summed E-state index contributed by atoms with van der Waals surface area (Å²) in [5.74, 6) is 0. The van der Waals surface area contributed by atoms with Crippen LogP contribution in [-0.2, 0) is 11.2 Å². The van der Waals surface area contributed by atoms with Crippen molar-refractivity contribution in [3.05, 3.63) is 87.0 Å². The minimum atomic E-state index is -0.583. The van der Waals surface area contributed by atoms with Gasteiger partial charge in [-0.3, -0.25) is 14.3 Å². The molecule has 1 aliphatic heterocycles. The largest absolute Gasteiger partial charge is 0.390 e. The average molecular weight is 433 g/mol. The first-order valence-corrected chi connectivity index (χ1v) is 11.0. The van der Waals surface area contributed by atoms with Crippen LogP contribution in [0.5, 0.6) is 0 Å². The van der Waals surface area contributed by atoms with Crippen LogP contribution in [0.1, 0.15) is 30.2 Å². The van der Waals surface area contributed by atoms with E-state index >= 15 is 0 Å². The number of aryl methyl sites for hydroxylation is 2. The van der Waals surface area contributed by atoms with Crippen molar-refractivity contribution < 1.29 is 9.84 Å². The molecule has 0 bridgehead atoms. The van der Waals surface area contributed by atoms with Crippen LogP contribution in [0.2, 0.25) is 0 Å². The molecule has 5 rings (SSSR count). The highest BCUT2D eigenvalue weighted by Gasteiger charge is 2.35. The molecule has 1 fully saturated rings. The number of benzene rings is 3. The summed E-state index contributed by atoms with van der Waals surface area (Å²) in [6.07, 6.45) is 2.39. The van der Waals surface area contributed by atoms with Crippen molar-refractivity contribution in [3.8, 4) is 0 Å². The van der Waals surface area contributed by atoms with Crippen molar-refractivity contribution in [1.29, 1.82) is 0 Å². The lowest BCUT2D eigenvalue weighted by atomic mass is 9.92. The third kappa shape index (κ3) is 3.71. The highest BCUT2D eigenvalue weighted by Crippen LogP contribution is 2.34. The molecule has 158 valence electrons. The Kier molecular flexibility index (Phi) is 5.22. The molecule has 2 N–H and O–H groups in total. The van der Waals surface area contributed by atoms with E-state index in [1.165, 1.54) is 27.1 Å². The van der Waals surface area contributed by atoms with Gasteiger partial charge in [0, 0.05) is 18.2 Å². The molecule has 4 aromatic rings. The normalized spacial score (nSPS) is 21.2. The Morgan fingerprint density at radius 1 is 1.13 bits per heavy atom. The molecule has 0 amide bonds. The van der Waals surface area contributed by atoms with E-state index in [1.807, 2.05) is 0 Å². The number of hydrogen-bond acceptors (Lipinski definition) is 4. The highest BCUT2D eigenvalue weighted by atomic mass is 32.1. The molecule has 1 aromatic heterocycles. The van der Waals surface area contributed by atoms with Gasteiger partial charge in [-0.05, 0) is 65.2 Å². The lowest BCUT2D eigenvalue weighted by molar-refractivity contribution is -0.0231. The van der Waals surface area contributed by atoms with Crippen LogP contribution in [0.3, 0.4) is 0 Å². The lowest BCUT2D eigenvalue weighted by Gasteiger charge is -2.18. The summed E-state index contributed by atoms with van der Waals surface area (Å²) in [7, 11) is 0. The van der Waals surface area contributed by atoms with Crippen molar-refractivity contribution in [2.75, 3.05) is 0 Å². The Morgan fingerprint density at radius 2 is 1.77 bits per heavy atom. The molecule has 2 heterocycles. The zero-order valence-electron chi connectivity index (χ0n) is 17.2. The predicted molar refractivity (Wildman–Crippen MR) is 125 cm³/mol. The van der Waals surface area contributed by atoms with Gasteiger partial charge in [0.1, 0.15) is 6.23 Å². The average Bonchev–Trinajstić information content (AvgIpc) is 3.14. The molecule has 1 saturated heterocycles. The van der Waals surface area contributed by atoms with Gasteiger partial charge in [-0.15, -0.1) is 0 Å². The maximum absolute atomic E-state index is 11.8. The van der Waals surface area contributed by atoms with E-state index in [2.05, 4.69) is 59.6 Å². The van der Waals surface area contributed by atoms with Crippen molar-refractivity contribution >= 4 is 33.8 Å². The SMILES string of the molecule is Cc1cn([C@H]2C[C@H](O)[C@@H](CCc3c4ccccc4cc4ccccc34)O2)c(=S)[nH]c1=O. The second-order valence-electron chi connectivity index (χ2n) is 8.25. The molecule has 3 atom stereocenters. The first-order valence-electron chi connectivity index (χ1n) is 10.6. The van der Waals surface area contributed by atoms with Gasteiger partial charge < -0.3 is 9.84 Å². The third-order valence-corrected chi connectivity index (χ3v) is 6.53. The predicted octanol–water partition coefficient (Wildman–Crippen LogP) is 4.80. The van der Waals surface area contributed by atoms with Crippen molar-refractivity contribution in [1.82, 2.24) is 9.55 Å². The molecule has 0 unspecified atom stereocenters. The summed E-state index contributed by atoms with van der Waals surface area (Å²) in [6.45, 7) is 1.73. The zero-order chi connectivity index (χ0) is 21.5. The molecule has 0 spiro atoms. The van der Waals surface area contributed by atoms with E-state index in [-0.39, 0.29) is 17.9 Å². The minimum absolute atomic E-state index is 0.195. The standard InChI is InChI=1S/C25H24N2O3S/c1-15-14-27(25(31)26-24(15)29)23-13-21(28)22(30-23)11-10-20-18-8-4-2-6-16(18)12-17-7-3-5-9-19(17)20/h2-9,12,14,21-23,28H,10-11,13H2,1H3,(H,26,29,31)/t21-,22+,23+/m0/s1. The monoisotopic (exact) mass is 432 g/mol. The number of aromatic amines is 1. The van der Waals surface area contributed by atoms with Crippen LogP contribution in [0.4, 0.5) is 0 Å². The molecule has 0 radical (unpaired) electrons. The Labute approximate surface area is 184 Å². The topological polar surface area (TPSA) is 67.2 Å². The van der Waals surface area contributed by atoms with Crippen LogP contribution in [0, 0.1) is 11.7 Å². The summed E-state index contributed by atoms with van der Waals surface area (Å²) in [5.41, 5.74) is 1.65. The van der Waals surface area contributed by atoms with Gasteiger partial charge in [-0.2, -0.15) is 0 Å². The number of aliphatic hydroxyl groups excluding tert-OH is 1. The van der Waals surface area contributed by atoms with Crippen molar-refractivity contribution in [2.24, 2.45) is 0 Å². The summed E-state index contributed by atoms with van der Waals surface area (Å²) in [4.78, 5) is 14.5. The summed E-state index contributed by atoms with van der Waals surface area (Å²) in [5, 5.41) is 15.6. The quantitative estimate of drug-likeness (QED) is 0.359. The molecule has 0 saturated carbocycles. The Bertz CT molecular complexity index is 1340. The highest BCUT2D eigenvalue weighted by molar-refractivity contribution is 7.71. The number of hydrogen-bond donors (Lipinski definition) is 2. The molecular formula is C25H24N2O3S. The van der Waals surface area contributed by atoms with Crippen LogP contribution < -0.4 is 5.56 Å². The number of nitrogens with zero attached hydrogens (tertiary/aromatic N) is 1. The van der Waals surface area contributed by atoms with E-state index in [0.29, 0.717) is 23.2 Å². The lowest BCUT2D eigenvalue weighted by Crippen LogP contribution is -2.21. The van der Waals surface area contributed by atoms with Crippen molar-refractivity contribution in [2.45, 2.75) is 44.6 Å². The van der Waals surface area contributed by atoms with Crippen molar-refractivity contribution in [3.63, 3.8) is 0 Å². The van der Waals surface area contributed by atoms with Gasteiger partial charge in [-0.25, -0.2) is 0 Å². The third-order valence-electron chi connectivity index (χ3n) is 6.22. The smallest absolute Gasteiger partial charge is 0.254 e. The minimum Gasteiger partial charge on any atom is -0.390 e. The van der Waals surface area contributed by atoms with Gasteiger partial charge in [0.2, 0.25) is 0 Å². The van der Waals surface area contributed by atoms with Gasteiger partial charge in [-0.1, -0.05) is 48.5 Å². The molecule has 1 aliphatic rings. The van der Waals surface area contributed by atoms with Crippen LogP contribution >= 0.6 is 12.2 Å². The van der Waals surface area contributed by atoms with Crippen LogP contribution in [0.25, 0.3) is 21.5 Å². The Hall–Kier alpha value is -2.80. The van der Waals surface area contributed by atoms with E-state index in [0.717, 1.165) is 6.42 Å². The molecular weight excluding hydrogens is 408 g/mol. The fourth-order valence-electron chi connectivity index (χ4n) is 4.61. The second kappa shape index (κ2) is 8.04. The van der Waals surface area contributed by atoms with Crippen LogP contribution in [-0.4, -0.2) is 26.9 Å². The number of fused-ring (bicyclic) bond motifs is 2. The van der Waals surface area contributed by atoms with Crippen LogP contribution in [0.15, 0.2) is 65.6 Å². The van der Waals surface area contributed by atoms with Gasteiger partial charge >= 0.3 is 0 Å². The van der Waals surface area contributed by atoms with E-state index in [9.17, 15) is 9.90 Å². The summed E-state index contributed by atoms with van der Waals surface area (Å²) in [6, 6.07) is 19.1. The zero-order valence-corrected chi connectivity index (χ0v) is 18.1. The molecule has 31 heavy (non-hydrogen) atoms. The first kappa shape index (κ1) is 20.1. The number of aromatic nitrogens is 2. The van der Waals surface area contributed by atoms with Gasteiger partial charge in [0.15, 0.2) is 4.77 Å². The molecule has 6 heteroatoms. The summed E-state index contributed by atoms with van der Waals surface area (Å²) < 4.78 is 8.26. The number of ether oxygens (including phenoxy) is 1. The number of aliphatic hydroxyl groups is 1. The first-order chi connectivity index (χ1) is 15.0. The maximum atomic E-state index is 11.8. The molecule has 0 aliphatic carbocycles.